The molecule has 0 aliphatic heterocycles. The van der Waals surface area contributed by atoms with Crippen LogP contribution >= 0.6 is 0 Å². The van der Waals surface area contributed by atoms with E-state index in [0.717, 1.165) is 0 Å². The minimum Gasteiger partial charge on any atom is -0.452 e. The molecule has 0 fully saturated rings. The van der Waals surface area contributed by atoms with Crippen LogP contribution in [0.15, 0.2) is 84.9 Å². The summed E-state index contributed by atoms with van der Waals surface area (Å²) in [6.45, 7) is -0.366. The van der Waals surface area contributed by atoms with E-state index in [0.29, 0.717) is 16.8 Å². The van der Waals surface area contributed by atoms with Crippen molar-refractivity contribution in [2.45, 2.75) is 0 Å². The fourth-order valence-electron chi connectivity index (χ4n) is 2.62. The summed E-state index contributed by atoms with van der Waals surface area (Å²) in [5.74, 6) is -1.08. The average Bonchev–Trinajstić information content (AvgIpc) is 2.77. The second-order valence-corrected chi connectivity index (χ2v) is 6.14. The molecule has 0 atom stereocenters. The summed E-state index contributed by atoms with van der Waals surface area (Å²) in [6.07, 6.45) is 0. The molecule has 5 heteroatoms. The largest absolute Gasteiger partial charge is 0.452 e. The molecular weight excluding hydrogens is 354 g/mol. The Balaban J connectivity index is 1.59. The number of hydrogen-bond donors (Lipinski definition) is 0. The fraction of sp³-hybridized carbons (Fsp3) is 0.0870. The van der Waals surface area contributed by atoms with Crippen LogP contribution in [0.25, 0.3) is 0 Å². The second-order valence-electron chi connectivity index (χ2n) is 6.14. The topological polar surface area (TPSA) is 63.7 Å². The summed E-state index contributed by atoms with van der Waals surface area (Å²) in [5, 5.41) is 0. The van der Waals surface area contributed by atoms with Crippen LogP contribution < -0.4 is 4.90 Å². The van der Waals surface area contributed by atoms with Crippen molar-refractivity contribution in [3.05, 3.63) is 102 Å². The van der Waals surface area contributed by atoms with Gasteiger partial charge in [0.05, 0.1) is 5.56 Å². The second kappa shape index (κ2) is 8.77. The number of carbonyl (C=O) groups excluding carboxylic acids is 3. The SMILES string of the molecule is CN(C(=O)COC(=O)c1ccc(C(=O)c2ccccc2)cc1)c1ccccc1. The van der Waals surface area contributed by atoms with Gasteiger partial charge in [-0.2, -0.15) is 0 Å². The fourth-order valence-corrected chi connectivity index (χ4v) is 2.62. The lowest BCUT2D eigenvalue weighted by atomic mass is 10.0. The lowest BCUT2D eigenvalue weighted by Gasteiger charge is -2.17. The molecule has 0 bridgehead atoms. The Morgan fingerprint density at radius 3 is 1.82 bits per heavy atom. The molecule has 0 aliphatic rings. The van der Waals surface area contributed by atoms with Crippen molar-refractivity contribution in [2.24, 2.45) is 0 Å². The molecule has 28 heavy (non-hydrogen) atoms. The molecule has 140 valence electrons. The first kappa shape index (κ1) is 19.0. The minimum atomic E-state index is -0.617. The highest BCUT2D eigenvalue weighted by Crippen LogP contribution is 2.13. The Morgan fingerprint density at radius 1 is 0.714 bits per heavy atom. The van der Waals surface area contributed by atoms with Gasteiger partial charge >= 0.3 is 5.97 Å². The van der Waals surface area contributed by atoms with E-state index >= 15 is 0 Å². The Labute approximate surface area is 163 Å². The normalized spacial score (nSPS) is 10.2. The van der Waals surface area contributed by atoms with Gasteiger partial charge in [-0.15, -0.1) is 0 Å². The van der Waals surface area contributed by atoms with E-state index in [-0.39, 0.29) is 23.9 Å². The summed E-state index contributed by atoms with van der Waals surface area (Å²) in [4.78, 5) is 38.2. The van der Waals surface area contributed by atoms with Gasteiger partial charge < -0.3 is 9.64 Å². The molecule has 3 aromatic rings. The quantitative estimate of drug-likeness (QED) is 0.488. The van der Waals surface area contributed by atoms with Gasteiger partial charge in [-0.3, -0.25) is 9.59 Å². The third-order valence-corrected chi connectivity index (χ3v) is 4.26. The predicted molar refractivity (Wildman–Crippen MR) is 106 cm³/mol. The zero-order valence-corrected chi connectivity index (χ0v) is 15.4. The van der Waals surface area contributed by atoms with Crippen molar-refractivity contribution in [1.82, 2.24) is 0 Å². The zero-order valence-electron chi connectivity index (χ0n) is 15.4. The zero-order chi connectivity index (χ0) is 19.9. The molecule has 0 heterocycles. The summed E-state index contributed by atoms with van der Waals surface area (Å²) in [6, 6.07) is 24.2. The molecule has 0 N–H and O–H groups in total. The van der Waals surface area contributed by atoms with Crippen LogP contribution in [0, 0.1) is 0 Å². The molecule has 0 aliphatic carbocycles. The van der Waals surface area contributed by atoms with Crippen molar-refractivity contribution >= 4 is 23.3 Å². The van der Waals surface area contributed by atoms with Crippen LogP contribution in [0.5, 0.6) is 0 Å². The predicted octanol–water partition coefficient (Wildman–Crippen LogP) is 3.74. The number of amides is 1. The molecule has 0 saturated heterocycles. The van der Waals surface area contributed by atoms with Gasteiger partial charge in [0.25, 0.3) is 5.91 Å². The Bertz CT molecular complexity index is 967. The molecule has 0 saturated carbocycles. The smallest absolute Gasteiger partial charge is 0.338 e. The van der Waals surface area contributed by atoms with Crippen LogP contribution in [0.3, 0.4) is 0 Å². The van der Waals surface area contributed by atoms with E-state index in [4.69, 9.17) is 4.74 Å². The number of carbonyl (C=O) groups is 3. The minimum absolute atomic E-state index is 0.125. The van der Waals surface area contributed by atoms with Crippen LogP contribution in [-0.2, 0) is 9.53 Å². The summed E-state index contributed by atoms with van der Waals surface area (Å²) < 4.78 is 5.10. The van der Waals surface area contributed by atoms with Gasteiger partial charge in [0.1, 0.15) is 0 Å². The first-order valence-corrected chi connectivity index (χ1v) is 8.75. The maximum Gasteiger partial charge on any atom is 0.338 e. The third-order valence-electron chi connectivity index (χ3n) is 4.26. The van der Waals surface area contributed by atoms with E-state index in [1.165, 1.54) is 17.0 Å². The Kier molecular flexibility index (Phi) is 5.97. The van der Waals surface area contributed by atoms with Crippen molar-refractivity contribution in [2.75, 3.05) is 18.6 Å². The lowest BCUT2D eigenvalue weighted by Crippen LogP contribution is -2.31. The maximum atomic E-state index is 12.4. The van der Waals surface area contributed by atoms with Crippen molar-refractivity contribution in [3.63, 3.8) is 0 Å². The molecule has 1 amide bonds. The highest BCUT2D eigenvalue weighted by molar-refractivity contribution is 6.09. The number of nitrogens with zero attached hydrogens (tertiary/aromatic N) is 1. The van der Waals surface area contributed by atoms with Crippen molar-refractivity contribution in [3.8, 4) is 0 Å². The number of benzene rings is 3. The molecule has 0 radical (unpaired) electrons. The van der Waals surface area contributed by atoms with Crippen LogP contribution in [0.2, 0.25) is 0 Å². The van der Waals surface area contributed by atoms with Crippen molar-refractivity contribution < 1.29 is 19.1 Å². The van der Waals surface area contributed by atoms with E-state index in [2.05, 4.69) is 0 Å². The van der Waals surface area contributed by atoms with Gasteiger partial charge in [-0.25, -0.2) is 4.79 Å². The highest BCUT2D eigenvalue weighted by Gasteiger charge is 2.15. The molecule has 3 rings (SSSR count). The lowest BCUT2D eigenvalue weighted by molar-refractivity contribution is -0.121. The van der Waals surface area contributed by atoms with E-state index in [1.807, 2.05) is 24.3 Å². The molecule has 0 spiro atoms. The molecule has 0 unspecified atom stereocenters. The van der Waals surface area contributed by atoms with Crippen LogP contribution in [-0.4, -0.2) is 31.3 Å². The molecule has 3 aromatic carbocycles. The Hall–Kier alpha value is -3.73. The van der Waals surface area contributed by atoms with Crippen LogP contribution in [0.4, 0.5) is 5.69 Å². The molecule has 0 aromatic heterocycles. The average molecular weight is 373 g/mol. The summed E-state index contributed by atoms with van der Waals surface area (Å²) in [5.41, 5.74) is 2.04. The summed E-state index contributed by atoms with van der Waals surface area (Å²) in [7, 11) is 1.62. The third kappa shape index (κ3) is 4.51. The number of rotatable bonds is 6. The van der Waals surface area contributed by atoms with Gasteiger partial charge in [-0.1, -0.05) is 60.7 Å². The first-order chi connectivity index (χ1) is 13.6. The number of para-hydroxylation sites is 1. The molecule has 5 nitrogen and oxygen atoms in total. The number of ether oxygens (including phenoxy) is 1. The number of anilines is 1. The number of hydrogen-bond acceptors (Lipinski definition) is 4. The Morgan fingerprint density at radius 2 is 1.21 bits per heavy atom. The van der Waals surface area contributed by atoms with Gasteiger partial charge in [0.2, 0.25) is 0 Å². The number of esters is 1. The van der Waals surface area contributed by atoms with E-state index < -0.39 is 5.97 Å². The number of ketones is 1. The standard InChI is InChI=1S/C23H19NO4/c1-24(20-10-6-3-7-11-20)21(25)16-28-23(27)19-14-12-18(13-15-19)22(26)17-8-4-2-5-9-17/h2-15H,16H2,1H3. The maximum absolute atomic E-state index is 12.4. The van der Waals surface area contributed by atoms with E-state index in [9.17, 15) is 14.4 Å². The van der Waals surface area contributed by atoms with Crippen molar-refractivity contribution in [1.29, 1.82) is 0 Å². The molecular formula is C23H19NO4. The van der Waals surface area contributed by atoms with E-state index in [1.54, 1.807) is 55.6 Å². The number of likely N-dealkylation sites (N-methyl/N-ethyl adjacent to an activating group) is 1. The first-order valence-electron chi connectivity index (χ1n) is 8.75. The highest BCUT2D eigenvalue weighted by atomic mass is 16.5. The van der Waals surface area contributed by atoms with Gasteiger partial charge in [-0.05, 0) is 24.3 Å². The monoisotopic (exact) mass is 373 g/mol. The van der Waals surface area contributed by atoms with Gasteiger partial charge in [0.15, 0.2) is 12.4 Å². The summed E-state index contributed by atoms with van der Waals surface area (Å²) >= 11 is 0. The van der Waals surface area contributed by atoms with Gasteiger partial charge in [0, 0.05) is 23.9 Å². The van der Waals surface area contributed by atoms with Crippen LogP contribution in [0.1, 0.15) is 26.3 Å².